The monoisotopic (exact) mass is 1230 g/mol. The van der Waals surface area contributed by atoms with Crippen LogP contribution in [0.25, 0.3) is 0 Å². The Morgan fingerprint density at radius 2 is 0.805 bits per heavy atom. The number of aryl methyl sites for hydroxylation is 1. The van der Waals surface area contributed by atoms with E-state index in [2.05, 4.69) is 126 Å². The predicted molar refractivity (Wildman–Crippen MR) is 335 cm³/mol. The van der Waals surface area contributed by atoms with Crippen LogP contribution in [0.3, 0.4) is 0 Å². The fourth-order valence-corrected chi connectivity index (χ4v) is 7.59. The van der Waals surface area contributed by atoms with Crippen molar-refractivity contribution in [2.45, 2.75) is 124 Å². The summed E-state index contributed by atoms with van der Waals surface area (Å²) in [5.41, 5.74) is 6.15. The molecule has 446 valence electrons. The van der Waals surface area contributed by atoms with Gasteiger partial charge in [0, 0.05) is 17.9 Å². The van der Waals surface area contributed by atoms with Gasteiger partial charge in [-0.1, -0.05) is 196 Å². The molecular weight excluding hydrogens is 1140 g/mol. The number of hydrogen-bond donors (Lipinski definition) is 4. The van der Waals surface area contributed by atoms with Crippen LogP contribution in [0.5, 0.6) is 34.5 Å². The first-order chi connectivity index (χ1) is 38.8. The fourth-order valence-electron chi connectivity index (χ4n) is 6.77. The normalized spacial score (nSPS) is 13.4. The van der Waals surface area contributed by atoms with E-state index in [0.29, 0.717) is 36.6 Å². The molecule has 3 unspecified atom stereocenters. The second kappa shape index (κ2) is 42.3. The molecule has 2 heterocycles. The van der Waals surface area contributed by atoms with Crippen molar-refractivity contribution in [2.24, 2.45) is 0 Å². The van der Waals surface area contributed by atoms with Crippen molar-refractivity contribution in [1.82, 2.24) is 0 Å². The summed E-state index contributed by atoms with van der Waals surface area (Å²) in [6, 6.07) is 59.5. The number of phenols is 3. The summed E-state index contributed by atoms with van der Waals surface area (Å²) >= 11 is -0.699. The minimum atomic E-state index is -0.699. The number of carbonyl (C=O) groups excluding carboxylic acids is 1. The van der Waals surface area contributed by atoms with Crippen molar-refractivity contribution in [3.05, 3.63) is 216 Å². The van der Waals surface area contributed by atoms with Gasteiger partial charge in [0.15, 0.2) is 0 Å². The van der Waals surface area contributed by atoms with E-state index in [9.17, 15) is 9.90 Å². The van der Waals surface area contributed by atoms with Crippen molar-refractivity contribution in [3.63, 3.8) is 0 Å². The van der Waals surface area contributed by atoms with Crippen molar-refractivity contribution in [3.8, 4) is 34.5 Å². The van der Waals surface area contributed by atoms with Crippen molar-refractivity contribution < 1.29 is 56.7 Å². The Kier molecular flexibility index (Phi) is 37.9. The molecule has 2 radical (unpaired) electrons. The number of rotatable bonds is 16. The van der Waals surface area contributed by atoms with Crippen molar-refractivity contribution >= 4 is 27.5 Å². The van der Waals surface area contributed by atoms with Crippen LogP contribution in [-0.2, 0) is 32.9 Å². The molecule has 3 atom stereocenters. The number of aliphatic hydroxyl groups is 1. The summed E-state index contributed by atoms with van der Waals surface area (Å²) < 4.78 is 36.8. The molecule has 0 aromatic heterocycles. The first kappa shape index (κ1) is 73.5. The quantitative estimate of drug-likeness (QED) is 0.0534. The summed E-state index contributed by atoms with van der Waals surface area (Å²) in [4.78, 5) is 11.8. The summed E-state index contributed by atoms with van der Waals surface area (Å²) in [7, 11) is 1.56. The van der Waals surface area contributed by atoms with Gasteiger partial charge in [-0.15, -0.1) is 0 Å². The number of ether oxygens (including phenoxy) is 6. The molecule has 7 aromatic carbocycles. The molecule has 12 nitrogen and oxygen atoms in total. The van der Waals surface area contributed by atoms with Gasteiger partial charge in [0.25, 0.3) is 0 Å². The first-order valence-corrected chi connectivity index (χ1v) is 31.6. The molecule has 0 aliphatic carbocycles. The maximum absolute atomic E-state index is 9.86. The third kappa shape index (κ3) is 32.8. The molecule has 2 fully saturated rings. The summed E-state index contributed by atoms with van der Waals surface area (Å²) in [6.45, 7) is 24.3. The van der Waals surface area contributed by atoms with E-state index in [4.69, 9.17) is 43.7 Å². The molecule has 0 spiro atoms. The number of benzene rings is 7. The van der Waals surface area contributed by atoms with Crippen LogP contribution in [0.4, 0.5) is 0 Å². The van der Waals surface area contributed by atoms with Crippen LogP contribution < -0.4 is 14.2 Å². The van der Waals surface area contributed by atoms with Gasteiger partial charge in [-0.2, -0.15) is 0 Å². The molecule has 2 saturated heterocycles. The number of epoxide rings is 2. The van der Waals surface area contributed by atoms with E-state index >= 15 is 0 Å². The zero-order valence-corrected chi connectivity index (χ0v) is 52.7. The zero-order chi connectivity index (χ0) is 59.9. The van der Waals surface area contributed by atoms with Crippen LogP contribution in [0.15, 0.2) is 188 Å². The zero-order valence-electron chi connectivity index (χ0n) is 49.8. The molecule has 0 bridgehead atoms. The molecule has 7 aromatic rings. The minimum absolute atomic E-state index is 0. The van der Waals surface area contributed by atoms with Gasteiger partial charge in [-0.25, -0.2) is 0 Å². The van der Waals surface area contributed by atoms with E-state index in [1.165, 1.54) is 47.6 Å². The predicted octanol–water partition coefficient (Wildman–Crippen LogP) is 15.1. The van der Waals surface area contributed by atoms with Crippen molar-refractivity contribution in [1.29, 1.82) is 0 Å². The number of aliphatic hydroxyl groups excluding tert-OH is 1. The summed E-state index contributed by atoms with van der Waals surface area (Å²) in [6.07, 6.45) is 2.43. The van der Waals surface area contributed by atoms with Crippen LogP contribution in [-0.4, -0.2) is 113 Å². The van der Waals surface area contributed by atoms with Crippen molar-refractivity contribution in [2.75, 3.05) is 46.8 Å². The number of carbonyl (C=O) groups is 1. The van der Waals surface area contributed by atoms with Crippen LogP contribution in [0.1, 0.15) is 110 Å². The maximum atomic E-state index is 9.86. The topological polar surface area (TPSA) is 169 Å². The Balaban J connectivity index is 0.000000533. The Bertz CT molecular complexity index is 2540. The van der Waals surface area contributed by atoms with Gasteiger partial charge < -0.3 is 48.8 Å². The number of para-hydroxylation sites is 3. The Hall–Kier alpha value is -6.55. The molecule has 0 amide bonds. The van der Waals surface area contributed by atoms with E-state index in [-0.39, 0.29) is 43.5 Å². The van der Waals surface area contributed by atoms with Gasteiger partial charge >= 0.3 is 47.3 Å². The SMILES string of the molecule is C.CCC.CCC.COCC(O)COc1ccc(C(C)(C)c2ccc(OCC3CO3)cc2)cc1.Cc1ccc(C(C)(C)c2ccc(OCC3CO3)cc2)cc1.Oc1ccccc1.Oc1ccccc1.Oc1ccccc1.[CH3][Sn][O]C(C)=O. The summed E-state index contributed by atoms with van der Waals surface area (Å²) in [5, 5.41) is 35.6. The molecule has 2 aliphatic heterocycles. The molecule has 2 aliphatic rings. The number of methoxy groups -OCH3 is 1. The average Bonchev–Trinajstić information content (AvgIpc) is 4.53. The third-order valence-corrected chi connectivity index (χ3v) is 12.9. The number of phenolic OH excluding ortho intramolecular Hbond substituents is 3. The molecular formula is C69H94O12Sn. The molecule has 0 saturated carbocycles. The van der Waals surface area contributed by atoms with Gasteiger partial charge in [0.05, 0.1) is 19.8 Å². The molecule has 4 N–H and O–H groups in total. The first-order valence-electron chi connectivity index (χ1n) is 27.6. The van der Waals surface area contributed by atoms with Gasteiger partial charge in [0.1, 0.15) is 72.6 Å². The van der Waals surface area contributed by atoms with Gasteiger partial charge in [-0.3, -0.25) is 0 Å². The Morgan fingerprint density at radius 1 is 0.524 bits per heavy atom. The number of hydrogen-bond acceptors (Lipinski definition) is 12. The Labute approximate surface area is 502 Å². The second-order valence-electron chi connectivity index (χ2n) is 19.9. The van der Waals surface area contributed by atoms with Gasteiger partial charge in [0.2, 0.25) is 0 Å². The molecule has 82 heavy (non-hydrogen) atoms. The fraction of sp³-hybridized carbons (Fsp3) is 0.377. The third-order valence-electron chi connectivity index (χ3n) is 11.5. The van der Waals surface area contributed by atoms with E-state index in [1.807, 2.05) is 59.5 Å². The van der Waals surface area contributed by atoms with E-state index in [1.54, 1.807) is 79.9 Å². The summed E-state index contributed by atoms with van der Waals surface area (Å²) in [5.74, 6) is 3.34. The van der Waals surface area contributed by atoms with Gasteiger partial charge in [-0.05, 0) is 102 Å². The van der Waals surface area contributed by atoms with Crippen LogP contribution in [0, 0.1) is 6.92 Å². The molecule has 13 heteroatoms. The Morgan fingerprint density at radius 3 is 1.02 bits per heavy atom. The van der Waals surface area contributed by atoms with Crippen LogP contribution in [0.2, 0.25) is 4.94 Å². The molecule has 9 rings (SSSR count). The average molecular weight is 1230 g/mol. The number of aromatic hydroxyl groups is 3. The second-order valence-corrected chi connectivity index (χ2v) is 21.6. The van der Waals surface area contributed by atoms with Crippen LogP contribution >= 0.6 is 0 Å². The van der Waals surface area contributed by atoms with E-state index in [0.717, 1.165) is 30.5 Å². The standard InChI is InChI=1S/C22H28O5.C19H22O2.3C6H6O.2C3H8.C2H4O2.CH4.CH3.Sn/c1-22(2,17-6-10-20(11-7-17)26-14-21-15-27-21)16-4-8-19(9-5-16)25-13-18(23)12-24-3;1-14-4-6-15(7-5-14)19(2,3)16-8-10-17(11-9-16)20-12-18-13-21-18;3*7-6-4-2-1-3-5-6;2*1-3-2;1-2(3)4;;;/h4-11,18,21,23H,12-15H2,1-3H3;4-11,18H,12-13H2,1-3H3;3*1-5,7H;2*3H2,1-2H3;1H3,(H,3,4);1H4;1H3;/q;;;;;;;;;;+1/p-1. The van der Waals surface area contributed by atoms with E-state index < -0.39 is 27.7 Å².